The Hall–Kier alpha value is -0.900. The second-order valence-corrected chi connectivity index (χ2v) is 5.86. The van der Waals surface area contributed by atoms with Gasteiger partial charge in [-0.3, -0.25) is 0 Å². The minimum absolute atomic E-state index is 0.121. The fourth-order valence-corrected chi connectivity index (χ4v) is 2.79. The van der Waals surface area contributed by atoms with Crippen molar-refractivity contribution in [2.75, 3.05) is 13.2 Å². The van der Waals surface area contributed by atoms with Gasteiger partial charge in [0.05, 0.1) is 18.3 Å². The van der Waals surface area contributed by atoms with Crippen molar-refractivity contribution in [3.8, 4) is 0 Å². The maximum absolute atomic E-state index is 6.23. The summed E-state index contributed by atoms with van der Waals surface area (Å²) in [6, 6.07) is 10.9. The summed E-state index contributed by atoms with van der Waals surface area (Å²) < 4.78 is 12.2. The Bertz CT molecular complexity index is 395. The molecule has 1 aromatic rings. The van der Waals surface area contributed by atoms with Gasteiger partial charge in [-0.2, -0.15) is 0 Å². The number of nitrogens with one attached hydrogen (secondary N) is 1. The fourth-order valence-electron chi connectivity index (χ4n) is 2.79. The molecule has 3 heteroatoms. The topological polar surface area (TPSA) is 30.5 Å². The van der Waals surface area contributed by atoms with Gasteiger partial charge in [0.1, 0.15) is 0 Å². The predicted molar refractivity (Wildman–Crippen MR) is 86.5 cm³/mol. The fraction of sp³-hybridized carbons (Fsp3) is 0.667. The lowest BCUT2D eigenvalue weighted by Gasteiger charge is -2.45. The van der Waals surface area contributed by atoms with Crippen molar-refractivity contribution in [2.45, 2.75) is 64.4 Å². The normalized spacial score (nSPS) is 26.3. The molecule has 0 spiro atoms. The van der Waals surface area contributed by atoms with E-state index >= 15 is 0 Å². The number of rotatable bonds is 9. The van der Waals surface area contributed by atoms with Crippen LogP contribution in [0, 0.1) is 0 Å². The van der Waals surface area contributed by atoms with Crippen molar-refractivity contribution >= 4 is 0 Å². The lowest BCUT2D eigenvalue weighted by atomic mass is 9.84. The third-order valence-corrected chi connectivity index (χ3v) is 4.07. The quantitative estimate of drug-likeness (QED) is 0.752. The number of ether oxygens (including phenoxy) is 2. The van der Waals surface area contributed by atoms with Gasteiger partial charge in [0.15, 0.2) is 0 Å². The first-order valence-corrected chi connectivity index (χ1v) is 8.31. The molecule has 2 rings (SSSR count). The molecule has 118 valence electrons. The van der Waals surface area contributed by atoms with Gasteiger partial charge in [-0.15, -0.1) is 0 Å². The molecule has 0 bridgehead atoms. The number of benzene rings is 1. The van der Waals surface area contributed by atoms with Crippen LogP contribution < -0.4 is 5.32 Å². The van der Waals surface area contributed by atoms with E-state index in [0.29, 0.717) is 6.04 Å². The summed E-state index contributed by atoms with van der Waals surface area (Å²) in [5.41, 5.74) is 1.23. The van der Waals surface area contributed by atoms with E-state index in [9.17, 15) is 0 Å². The third kappa shape index (κ3) is 4.53. The first-order valence-electron chi connectivity index (χ1n) is 8.31. The Labute approximate surface area is 129 Å². The van der Waals surface area contributed by atoms with Crippen molar-refractivity contribution < 1.29 is 9.47 Å². The van der Waals surface area contributed by atoms with Crippen molar-refractivity contribution in [3.63, 3.8) is 0 Å². The van der Waals surface area contributed by atoms with Crippen LogP contribution in [0.15, 0.2) is 30.3 Å². The van der Waals surface area contributed by atoms with E-state index in [4.69, 9.17) is 9.47 Å². The molecule has 0 aliphatic heterocycles. The van der Waals surface area contributed by atoms with Gasteiger partial charge in [-0.05, 0) is 38.3 Å². The van der Waals surface area contributed by atoms with Crippen LogP contribution in [0.3, 0.4) is 0 Å². The average Bonchev–Trinajstić information content (AvgIpc) is 2.51. The van der Waals surface area contributed by atoms with Crippen LogP contribution in [0.1, 0.15) is 51.7 Å². The Balaban J connectivity index is 1.86. The van der Waals surface area contributed by atoms with E-state index in [2.05, 4.69) is 50.4 Å². The molecule has 0 heterocycles. The van der Waals surface area contributed by atoms with E-state index in [0.717, 1.165) is 32.4 Å². The second kappa shape index (κ2) is 8.52. The maximum atomic E-state index is 6.23. The Morgan fingerprint density at radius 2 is 1.95 bits per heavy atom. The lowest BCUT2D eigenvalue weighted by Crippen LogP contribution is -2.60. The summed E-state index contributed by atoms with van der Waals surface area (Å²) in [6.45, 7) is 8.33. The molecule has 1 saturated carbocycles. The smallest absolute Gasteiger partial charge is 0.0990 e. The van der Waals surface area contributed by atoms with Gasteiger partial charge in [0.2, 0.25) is 0 Å². The summed E-state index contributed by atoms with van der Waals surface area (Å²) in [5, 5.41) is 3.57. The van der Waals surface area contributed by atoms with Gasteiger partial charge in [0.25, 0.3) is 0 Å². The molecule has 0 radical (unpaired) electrons. The molecule has 21 heavy (non-hydrogen) atoms. The Morgan fingerprint density at radius 1 is 1.19 bits per heavy atom. The highest BCUT2D eigenvalue weighted by Gasteiger charge is 2.43. The summed E-state index contributed by atoms with van der Waals surface area (Å²) >= 11 is 0. The predicted octanol–water partition coefficient (Wildman–Crippen LogP) is 3.70. The highest BCUT2D eigenvalue weighted by Crippen LogP contribution is 2.32. The molecule has 0 amide bonds. The van der Waals surface area contributed by atoms with Crippen LogP contribution in [0.5, 0.6) is 0 Å². The molecule has 1 aliphatic rings. The molecular formula is C18H29NO2. The molecule has 1 aliphatic carbocycles. The van der Waals surface area contributed by atoms with Gasteiger partial charge in [-0.1, -0.05) is 44.2 Å². The van der Waals surface area contributed by atoms with Crippen LogP contribution in [-0.4, -0.2) is 31.4 Å². The number of hydrogen-bond donors (Lipinski definition) is 1. The van der Waals surface area contributed by atoms with E-state index in [-0.39, 0.29) is 18.3 Å². The maximum Gasteiger partial charge on any atom is 0.0990 e. The van der Waals surface area contributed by atoms with Crippen molar-refractivity contribution in [3.05, 3.63) is 35.9 Å². The Kier molecular flexibility index (Phi) is 6.68. The molecule has 0 aromatic heterocycles. The zero-order valence-corrected chi connectivity index (χ0v) is 13.5. The van der Waals surface area contributed by atoms with Crippen molar-refractivity contribution in [1.82, 2.24) is 5.32 Å². The first kappa shape index (κ1) is 16.5. The molecular weight excluding hydrogens is 262 g/mol. The highest BCUT2D eigenvalue weighted by molar-refractivity contribution is 5.17. The van der Waals surface area contributed by atoms with Gasteiger partial charge >= 0.3 is 0 Å². The standard InChI is InChI=1S/C18H29NO2/c1-4-11-19-16-13-17(18(16)20-12-5-2)21-14(3)15-9-7-6-8-10-15/h6-10,14,16-19H,4-5,11-13H2,1-3H3. The molecule has 0 saturated heterocycles. The molecule has 1 aromatic carbocycles. The molecule has 3 nitrogen and oxygen atoms in total. The van der Waals surface area contributed by atoms with Gasteiger partial charge in [-0.25, -0.2) is 0 Å². The Morgan fingerprint density at radius 3 is 2.62 bits per heavy atom. The minimum atomic E-state index is 0.121. The highest BCUT2D eigenvalue weighted by atomic mass is 16.6. The largest absolute Gasteiger partial charge is 0.374 e. The average molecular weight is 291 g/mol. The molecule has 4 atom stereocenters. The van der Waals surface area contributed by atoms with Crippen LogP contribution in [0.2, 0.25) is 0 Å². The molecule has 1 N–H and O–H groups in total. The summed E-state index contributed by atoms with van der Waals surface area (Å²) in [6.07, 6.45) is 3.78. The lowest BCUT2D eigenvalue weighted by molar-refractivity contribution is -0.166. The van der Waals surface area contributed by atoms with Gasteiger partial charge < -0.3 is 14.8 Å². The number of hydrogen-bond acceptors (Lipinski definition) is 3. The van der Waals surface area contributed by atoms with Crippen LogP contribution >= 0.6 is 0 Å². The first-order chi connectivity index (χ1) is 10.3. The van der Waals surface area contributed by atoms with E-state index < -0.39 is 0 Å². The summed E-state index contributed by atoms with van der Waals surface area (Å²) in [5.74, 6) is 0. The third-order valence-electron chi connectivity index (χ3n) is 4.07. The second-order valence-electron chi connectivity index (χ2n) is 5.86. The van der Waals surface area contributed by atoms with E-state index in [1.165, 1.54) is 5.56 Å². The SMILES string of the molecule is CCCNC1CC(OC(C)c2ccccc2)C1OCCC. The van der Waals surface area contributed by atoms with E-state index in [1.54, 1.807) is 0 Å². The zero-order chi connectivity index (χ0) is 15.1. The minimum Gasteiger partial charge on any atom is -0.374 e. The van der Waals surface area contributed by atoms with Crippen LogP contribution in [0.4, 0.5) is 0 Å². The zero-order valence-electron chi connectivity index (χ0n) is 13.5. The van der Waals surface area contributed by atoms with Crippen LogP contribution in [0.25, 0.3) is 0 Å². The summed E-state index contributed by atoms with van der Waals surface area (Å²) in [7, 11) is 0. The molecule has 1 fully saturated rings. The van der Waals surface area contributed by atoms with Gasteiger partial charge in [0, 0.05) is 12.6 Å². The molecule has 4 unspecified atom stereocenters. The van der Waals surface area contributed by atoms with Crippen LogP contribution in [-0.2, 0) is 9.47 Å². The van der Waals surface area contributed by atoms with Crippen molar-refractivity contribution in [2.24, 2.45) is 0 Å². The monoisotopic (exact) mass is 291 g/mol. The van der Waals surface area contributed by atoms with E-state index in [1.807, 2.05) is 6.07 Å². The van der Waals surface area contributed by atoms with Crippen molar-refractivity contribution in [1.29, 1.82) is 0 Å². The summed E-state index contributed by atoms with van der Waals surface area (Å²) in [4.78, 5) is 0.